The van der Waals surface area contributed by atoms with Crippen LogP contribution in [-0.4, -0.2) is 35.7 Å². The highest BCUT2D eigenvalue weighted by Crippen LogP contribution is 2.14. The maximum atomic E-state index is 11.7. The number of likely N-dealkylation sites (N-methyl/N-ethyl adjacent to an activating group) is 1. The van der Waals surface area contributed by atoms with Crippen LogP contribution in [0, 0.1) is 0 Å². The van der Waals surface area contributed by atoms with E-state index in [9.17, 15) is 4.79 Å². The maximum Gasteiger partial charge on any atom is 0.267 e. The summed E-state index contributed by atoms with van der Waals surface area (Å²) >= 11 is 5.88. The van der Waals surface area contributed by atoms with E-state index in [1.165, 1.54) is 5.01 Å². The molecule has 0 aliphatic rings. The number of amides is 1. The van der Waals surface area contributed by atoms with Crippen LogP contribution < -0.4 is 5.43 Å². The first-order chi connectivity index (χ1) is 7.50. The van der Waals surface area contributed by atoms with Gasteiger partial charge in [-0.2, -0.15) is 0 Å². The molecular formula is C11H15ClN2O2. The van der Waals surface area contributed by atoms with E-state index in [-0.39, 0.29) is 5.91 Å². The molecule has 0 saturated carbocycles. The Kier molecular flexibility index (Phi) is 4.73. The zero-order valence-electron chi connectivity index (χ0n) is 9.27. The number of hydrogen-bond acceptors (Lipinski definition) is 3. The summed E-state index contributed by atoms with van der Waals surface area (Å²) in [5.41, 5.74) is 3.04. The van der Waals surface area contributed by atoms with Gasteiger partial charge in [0.05, 0.1) is 16.7 Å². The number of rotatable bonds is 4. The molecule has 16 heavy (non-hydrogen) atoms. The molecule has 0 aliphatic heterocycles. The third kappa shape index (κ3) is 3.81. The summed E-state index contributed by atoms with van der Waals surface area (Å²) in [6.07, 6.45) is -0.503. The first kappa shape index (κ1) is 13.0. The van der Waals surface area contributed by atoms with Crippen LogP contribution in [0.3, 0.4) is 0 Å². The minimum absolute atomic E-state index is 0.284. The number of carbonyl (C=O) groups is 1. The van der Waals surface area contributed by atoms with Gasteiger partial charge in [0.15, 0.2) is 0 Å². The van der Waals surface area contributed by atoms with Crippen LogP contribution in [0.1, 0.15) is 17.3 Å². The highest BCUT2D eigenvalue weighted by molar-refractivity contribution is 6.33. The number of hydrazine groups is 1. The molecule has 5 heteroatoms. The topological polar surface area (TPSA) is 52.6 Å². The van der Waals surface area contributed by atoms with Crippen molar-refractivity contribution < 1.29 is 9.90 Å². The van der Waals surface area contributed by atoms with Gasteiger partial charge in [-0.25, -0.2) is 5.01 Å². The number of halogens is 1. The Hall–Kier alpha value is -1.10. The number of nitrogens with zero attached hydrogens (tertiary/aromatic N) is 1. The summed E-state index contributed by atoms with van der Waals surface area (Å²) < 4.78 is 0. The van der Waals surface area contributed by atoms with Crippen LogP contribution >= 0.6 is 11.6 Å². The van der Waals surface area contributed by atoms with Crippen LogP contribution in [0.25, 0.3) is 0 Å². The van der Waals surface area contributed by atoms with Gasteiger partial charge in [0.25, 0.3) is 5.91 Å². The van der Waals surface area contributed by atoms with E-state index in [0.29, 0.717) is 17.1 Å². The van der Waals surface area contributed by atoms with Crippen molar-refractivity contribution >= 4 is 17.5 Å². The minimum atomic E-state index is -0.503. The zero-order valence-corrected chi connectivity index (χ0v) is 10.0. The zero-order chi connectivity index (χ0) is 12.1. The van der Waals surface area contributed by atoms with Gasteiger partial charge >= 0.3 is 0 Å². The van der Waals surface area contributed by atoms with Crippen molar-refractivity contribution in [3.05, 3.63) is 34.9 Å². The van der Waals surface area contributed by atoms with Crippen molar-refractivity contribution in [1.82, 2.24) is 10.4 Å². The largest absolute Gasteiger partial charge is 0.392 e. The van der Waals surface area contributed by atoms with E-state index in [0.717, 1.165) is 0 Å². The second-order valence-electron chi connectivity index (χ2n) is 3.65. The van der Waals surface area contributed by atoms with Crippen molar-refractivity contribution in [3.63, 3.8) is 0 Å². The van der Waals surface area contributed by atoms with Crippen molar-refractivity contribution in [2.45, 2.75) is 13.0 Å². The molecule has 1 unspecified atom stereocenters. The standard InChI is InChI=1S/C11H15ClN2O2/c1-8(15)7-14(2)13-11(16)9-5-3-4-6-10(9)12/h3-6,8,15H,7H2,1-2H3,(H,13,16). The quantitative estimate of drug-likeness (QED) is 0.783. The molecule has 88 valence electrons. The van der Waals surface area contributed by atoms with Gasteiger partial charge in [0.1, 0.15) is 0 Å². The maximum absolute atomic E-state index is 11.7. The van der Waals surface area contributed by atoms with Gasteiger partial charge in [0.2, 0.25) is 0 Å². The number of carbonyl (C=O) groups excluding carboxylic acids is 1. The second-order valence-corrected chi connectivity index (χ2v) is 4.06. The fourth-order valence-corrected chi connectivity index (χ4v) is 1.54. The van der Waals surface area contributed by atoms with Crippen molar-refractivity contribution in [1.29, 1.82) is 0 Å². The van der Waals surface area contributed by atoms with E-state index in [2.05, 4.69) is 5.43 Å². The van der Waals surface area contributed by atoms with Crippen molar-refractivity contribution in [3.8, 4) is 0 Å². The van der Waals surface area contributed by atoms with Gasteiger partial charge in [-0.05, 0) is 19.1 Å². The normalized spacial score (nSPS) is 12.6. The molecule has 1 aromatic rings. The fraction of sp³-hybridized carbons (Fsp3) is 0.364. The summed E-state index contributed by atoms with van der Waals surface area (Å²) in [7, 11) is 1.68. The number of aliphatic hydroxyl groups excluding tert-OH is 1. The minimum Gasteiger partial charge on any atom is -0.392 e. The molecule has 0 heterocycles. The lowest BCUT2D eigenvalue weighted by Gasteiger charge is -2.19. The Balaban J connectivity index is 2.63. The molecule has 1 amide bonds. The van der Waals surface area contributed by atoms with Gasteiger partial charge in [0, 0.05) is 13.6 Å². The van der Waals surface area contributed by atoms with E-state index in [1.54, 1.807) is 38.2 Å². The molecule has 0 saturated heterocycles. The number of benzene rings is 1. The van der Waals surface area contributed by atoms with Gasteiger partial charge in [-0.1, -0.05) is 23.7 Å². The molecule has 1 rings (SSSR count). The van der Waals surface area contributed by atoms with Crippen molar-refractivity contribution in [2.75, 3.05) is 13.6 Å². The Labute approximate surface area is 99.8 Å². The Morgan fingerprint density at radius 3 is 2.75 bits per heavy atom. The molecule has 2 N–H and O–H groups in total. The lowest BCUT2D eigenvalue weighted by molar-refractivity contribution is 0.0729. The molecule has 4 nitrogen and oxygen atoms in total. The van der Waals surface area contributed by atoms with Crippen LogP contribution in [0.15, 0.2) is 24.3 Å². The van der Waals surface area contributed by atoms with E-state index >= 15 is 0 Å². The molecule has 0 bridgehead atoms. The molecule has 1 atom stereocenters. The molecule has 0 aromatic heterocycles. The van der Waals surface area contributed by atoms with Crippen LogP contribution in [0.2, 0.25) is 5.02 Å². The third-order valence-corrected chi connectivity index (χ3v) is 2.28. The molecule has 0 spiro atoms. The predicted octanol–water partition coefficient (Wildman–Crippen LogP) is 1.30. The second kappa shape index (κ2) is 5.84. The SMILES string of the molecule is CC(O)CN(C)NC(=O)c1ccccc1Cl. The van der Waals surface area contributed by atoms with Crippen LogP contribution in [-0.2, 0) is 0 Å². The predicted molar refractivity (Wildman–Crippen MR) is 63.2 cm³/mol. The Morgan fingerprint density at radius 2 is 2.19 bits per heavy atom. The number of hydrogen-bond donors (Lipinski definition) is 2. The average molecular weight is 243 g/mol. The van der Waals surface area contributed by atoms with Gasteiger partial charge in [-0.3, -0.25) is 10.2 Å². The van der Waals surface area contributed by atoms with Crippen LogP contribution in [0.4, 0.5) is 0 Å². The lowest BCUT2D eigenvalue weighted by atomic mass is 10.2. The van der Waals surface area contributed by atoms with Crippen LogP contribution in [0.5, 0.6) is 0 Å². The monoisotopic (exact) mass is 242 g/mol. The fourth-order valence-electron chi connectivity index (χ4n) is 1.32. The number of aliphatic hydroxyl groups is 1. The average Bonchev–Trinajstić information content (AvgIpc) is 2.16. The molecule has 0 fully saturated rings. The van der Waals surface area contributed by atoms with Gasteiger partial charge in [-0.15, -0.1) is 0 Å². The lowest BCUT2D eigenvalue weighted by Crippen LogP contribution is -2.42. The third-order valence-electron chi connectivity index (χ3n) is 1.95. The first-order valence-electron chi connectivity index (χ1n) is 4.95. The molecule has 0 radical (unpaired) electrons. The Morgan fingerprint density at radius 1 is 1.56 bits per heavy atom. The number of nitrogens with one attached hydrogen (secondary N) is 1. The summed E-state index contributed by atoms with van der Waals surface area (Å²) in [4.78, 5) is 11.7. The highest BCUT2D eigenvalue weighted by atomic mass is 35.5. The summed E-state index contributed by atoms with van der Waals surface area (Å²) in [6.45, 7) is 2.01. The van der Waals surface area contributed by atoms with E-state index < -0.39 is 6.10 Å². The Bertz CT molecular complexity index is 369. The first-order valence-corrected chi connectivity index (χ1v) is 5.33. The highest BCUT2D eigenvalue weighted by Gasteiger charge is 2.11. The molecule has 0 aliphatic carbocycles. The van der Waals surface area contributed by atoms with E-state index in [1.807, 2.05) is 0 Å². The summed E-state index contributed by atoms with van der Waals surface area (Å²) in [5, 5.41) is 11.1. The van der Waals surface area contributed by atoms with E-state index in [4.69, 9.17) is 16.7 Å². The van der Waals surface area contributed by atoms with Gasteiger partial charge < -0.3 is 5.11 Å². The summed E-state index contributed by atoms with van der Waals surface area (Å²) in [6, 6.07) is 6.81. The summed E-state index contributed by atoms with van der Waals surface area (Å²) in [5.74, 6) is -0.284. The molecule has 1 aromatic carbocycles. The smallest absolute Gasteiger partial charge is 0.267 e. The molecular weight excluding hydrogens is 228 g/mol. The van der Waals surface area contributed by atoms with Crippen molar-refractivity contribution in [2.24, 2.45) is 0 Å².